The van der Waals surface area contributed by atoms with Crippen LogP contribution >= 0.6 is 34.8 Å². The molecule has 0 bridgehead atoms. The van der Waals surface area contributed by atoms with Gasteiger partial charge in [-0.05, 0) is 49.6 Å². The van der Waals surface area contributed by atoms with Crippen LogP contribution in [0.15, 0.2) is 59.5 Å². The molecule has 0 spiro atoms. The number of aryl methyl sites for hydroxylation is 3. The fourth-order valence-corrected chi connectivity index (χ4v) is 6.07. The van der Waals surface area contributed by atoms with Gasteiger partial charge in [0.1, 0.15) is 0 Å². The topological polar surface area (TPSA) is 66.5 Å². The second kappa shape index (κ2) is 10.5. The summed E-state index contributed by atoms with van der Waals surface area (Å²) in [6.45, 7) is 5.03. The van der Waals surface area contributed by atoms with Crippen molar-refractivity contribution in [2.75, 3.05) is 11.9 Å². The summed E-state index contributed by atoms with van der Waals surface area (Å²) < 4.78 is 28.6. The van der Waals surface area contributed by atoms with Crippen molar-refractivity contribution in [2.24, 2.45) is 0 Å². The molecule has 3 aromatic rings. The summed E-state index contributed by atoms with van der Waals surface area (Å²) in [6, 6.07) is 15.6. The highest BCUT2D eigenvalue weighted by Gasteiger charge is 2.30. The van der Waals surface area contributed by atoms with E-state index in [0.717, 1.165) is 15.4 Å². The quantitative estimate of drug-likeness (QED) is 0.363. The lowest BCUT2D eigenvalue weighted by Crippen LogP contribution is -2.38. The van der Waals surface area contributed by atoms with Gasteiger partial charge in [0.15, 0.2) is 0 Å². The Bertz CT molecular complexity index is 1270. The maximum absolute atomic E-state index is 13.7. The molecular weight excluding hydrogens is 503 g/mol. The maximum atomic E-state index is 13.7. The number of carbonyl (C=O) groups excluding carboxylic acids is 1. The molecule has 5 nitrogen and oxygen atoms in total. The van der Waals surface area contributed by atoms with Crippen LogP contribution in [0, 0.1) is 20.8 Å². The van der Waals surface area contributed by atoms with Gasteiger partial charge in [-0.2, -0.15) is 4.31 Å². The van der Waals surface area contributed by atoms with E-state index in [1.54, 1.807) is 13.8 Å². The van der Waals surface area contributed by atoms with Crippen LogP contribution in [0.2, 0.25) is 15.1 Å². The molecule has 3 rings (SSSR count). The smallest absolute Gasteiger partial charge is 0.244 e. The van der Waals surface area contributed by atoms with Crippen LogP contribution in [0.3, 0.4) is 0 Å². The summed E-state index contributed by atoms with van der Waals surface area (Å²) in [7, 11) is -4.00. The zero-order valence-electron chi connectivity index (χ0n) is 18.3. The zero-order valence-corrected chi connectivity index (χ0v) is 21.4. The minimum atomic E-state index is -4.00. The number of hydrogen-bond donors (Lipinski definition) is 1. The highest BCUT2D eigenvalue weighted by molar-refractivity contribution is 7.89. The molecule has 33 heavy (non-hydrogen) atoms. The van der Waals surface area contributed by atoms with Crippen LogP contribution in [0.25, 0.3) is 0 Å². The molecular formula is C24H23Cl3N2O3S. The van der Waals surface area contributed by atoms with Crippen molar-refractivity contribution in [3.05, 3.63) is 91.9 Å². The van der Waals surface area contributed by atoms with Gasteiger partial charge in [0.25, 0.3) is 0 Å². The second-order valence-corrected chi connectivity index (χ2v) is 10.9. The van der Waals surface area contributed by atoms with Gasteiger partial charge in [0.05, 0.1) is 32.2 Å². The van der Waals surface area contributed by atoms with Crippen molar-refractivity contribution in [3.8, 4) is 0 Å². The highest BCUT2D eigenvalue weighted by Crippen LogP contribution is 2.32. The molecule has 0 aliphatic rings. The van der Waals surface area contributed by atoms with Crippen molar-refractivity contribution in [3.63, 3.8) is 0 Å². The minimum absolute atomic E-state index is 0.0262. The Morgan fingerprint density at radius 2 is 1.45 bits per heavy atom. The third-order valence-electron chi connectivity index (χ3n) is 5.01. The monoisotopic (exact) mass is 524 g/mol. The molecule has 0 aromatic heterocycles. The number of nitrogens with zero attached hydrogens (tertiary/aromatic N) is 1. The van der Waals surface area contributed by atoms with Gasteiger partial charge in [-0.3, -0.25) is 4.79 Å². The Hall–Kier alpha value is -2.09. The van der Waals surface area contributed by atoms with Gasteiger partial charge in [0.2, 0.25) is 15.9 Å². The number of amides is 1. The molecule has 0 fully saturated rings. The van der Waals surface area contributed by atoms with E-state index in [0.29, 0.717) is 11.1 Å². The Morgan fingerprint density at radius 1 is 0.879 bits per heavy atom. The van der Waals surface area contributed by atoms with Crippen LogP contribution in [0.4, 0.5) is 5.69 Å². The molecule has 0 unspecified atom stereocenters. The van der Waals surface area contributed by atoms with E-state index in [4.69, 9.17) is 34.8 Å². The lowest BCUT2D eigenvalue weighted by atomic mass is 10.1. The summed E-state index contributed by atoms with van der Waals surface area (Å²) in [4.78, 5) is 13.1. The molecule has 0 aliphatic heterocycles. The normalized spacial score (nSPS) is 11.6. The first-order chi connectivity index (χ1) is 15.5. The first-order valence-corrected chi connectivity index (χ1v) is 12.6. The largest absolute Gasteiger partial charge is 0.324 e. The molecule has 1 amide bonds. The van der Waals surface area contributed by atoms with E-state index in [2.05, 4.69) is 5.32 Å². The molecule has 0 heterocycles. The van der Waals surface area contributed by atoms with Crippen molar-refractivity contribution in [1.29, 1.82) is 0 Å². The number of hydrogen-bond acceptors (Lipinski definition) is 3. The molecule has 0 saturated heterocycles. The highest BCUT2D eigenvalue weighted by atomic mass is 35.5. The van der Waals surface area contributed by atoms with E-state index >= 15 is 0 Å². The predicted molar refractivity (Wildman–Crippen MR) is 135 cm³/mol. The predicted octanol–water partition coefficient (Wildman–Crippen LogP) is 6.40. The van der Waals surface area contributed by atoms with Crippen molar-refractivity contribution in [1.82, 2.24) is 4.31 Å². The maximum Gasteiger partial charge on any atom is 0.244 e. The Labute approximate surface area is 209 Å². The summed E-state index contributed by atoms with van der Waals surface area (Å²) in [5.74, 6) is -0.558. The standard InChI is InChI=1S/C24H23Cl3N2O3S/c1-15-9-16(2)24(17(3)10-15)33(31,32)29(13-18-7-5-4-6-8-18)14-23(30)28-22-12-20(26)19(25)11-21(22)27/h4-12H,13-14H2,1-3H3,(H,28,30). The van der Waals surface area contributed by atoms with Crippen molar-refractivity contribution >= 4 is 56.4 Å². The lowest BCUT2D eigenvalue weighted by molar-refractivity contribution is -0.116. The van der Waals surface area contributed by atoms with Gasteiger partial charge < -0.3 is 5.32 Å². The molecule has 0 atom stereocenters. The van der Waals surface area contributed by atoms with Crippen molar-refractivity contribution in [2.45, 2.75) is 32.2 Å². The molecule has 0 aliphatic carbocycles. The Balaban J connectivity index is 1.97. The number of nitrogens with one attached hydrogen (secondary N) is 1. The fraction of sp³-hybridized carbons (Fsp3) is 0.208. The molecule has 1 N–H and O–H groups in total. The van der Waals surface area contributed by atoms with Crippen molar-refractivity contribution < 1.29 is 13.2 Å². The molecule has 0 radical (unpaired) electrons. The fourth-order valence-electron chi connectivity index (χ4n) is 3.68. The van der Waals surface area contributed by atoms with Gasteiger partial charge in [-0.1, -0.05) is 82.8 Å². The summed E-state index contributed by atoms with van der Waals surface area (Å²) >= 11 is 18.1. The van der Waals surface area contributed by atoms with E-state index < -0.39 is 22.5 Å². The number of rotatable bonds is 7. The first-order valence-electron chi connectivity index (χ1n) is 10.1. The van der Waals surface area contributed by atoms with E-state index in [-0.39, 0.29) is 32.2 Å². The zero-order chi connectivity index (χ0) is 24.3. The Kier molecular flexibility index (Phi) is 8.08. The summed E-state index contributed by atoms with van der Waals surface area (Å²) in [5.41, 5.74) is 3.21. The second-order valence-electron chi connectivity index (χ2n) is 7.78. The Morgan fingerprint density at radius 3 is 2.06 bits per heavy atom. The number of halogens is 3. The van der Waals surface area contributed by atoms with Crippen LogP contribution < -0.4 is 5.32 Å². The number of carbonyl (C=O) groups is 1. The molecule has 9 heteroatoms. The molecule has 3 aromatic carbocycles. The minimum Gasteiger partial charge on any atom is -0.324 e. The number of anilines is 1. The molecule has 0 saturated carbocycles. The van der Waals surface area contributed by atoms with Crippen LogP contribution in [0.1, 0.15) is 22.3 Å². The number of sulfonamides is 1. The van der Waals surface area contributed by atoms with E-state index in [9.17, 15) is 13.2 Å². The lowest BCUT2D eigenvalue weighted by Gasteiger charge is -2.24. The van der Waals surface area contributed by atoms with Crippen LogP contribution in [-0.4, -0.2) is 25.2 Å². The van der Waals surface area contributed by atoms with Crippen LogP contribution in [0.5, 0.6) is 0 Å². The SMILES string of the molecule is Cc1cc(C)c(S(=O)(=O)N(CC(=O)Nc2cc(Cl)c(Cl)cc2Cl)Cc2ccccc2)c(C)c1. The van der Waals surface area contributed by atoms with Gasteiger partial charge in [0, 0.05) is 6.54 Å². The molecule has 174 valence electrons. The average molecular weight is 526 g/mol. The third kappa shape index (κ3) is 6.08. The van der Waals surface area contributed by atoms with Gasteiger partial charge in [-0.15, -0.1) is 0 Å². The van der Waals surface area contributed by atoms with Crippen LogP contribution in [-0.2, 0) is 21.4 Å². The average Bonchev–Trinajstić information content (AvgIpc) is 2.71. The third-order valence-corrected chi connectivity index (χ3v) is 8.14. The van der Waals surface area contributed by atoms with Gasteiger partial charge in [-0.25, -0.2) is 8.42 Å². The first kappa shape index (κ1) is 25.5. The summed E-state index contributed by atoms with van der Waals surface area (Å²) in [6.07, 6.45) is 0. The number of benzene rings is 3. The van der Waals surface area contributed by atoms with Gasteiger partial charge >= 0.3 is 0 Å². The van der Waals surface area contributed by atoms with E-state index in [1.165, 1.54) is 12.1 Å². The van der Waals surface area contributed by atoms with E-state index in [1.807, 2.05) is 49.4 Å². The summed E-state index contributed by atoms with van der Waals surface area (Å²) in [5, 5.41) is 3.30.